The van der Waals surface area contributed by atoms with Crippen molar-refractivity contribution in [3.63, 3.8) is 0 Å². The van der Waals surface area contributed by atoms with Crippen molar-refractivity contribution in [2.24, 2.45) is 28.6 Å². The molecule has 3 fully saturated rings. The van der Waals surface area contributed by atoms with Gasteiger partial charge in [-0.05, 0) is 92.3 Å². The Morgan fingerprint density at radius 2 is 1.93 bits per heavy atom. The van der Waals surface area contributed by atoms with Crippen LogP contribution in [0.15, 0.2) is 11.6 Å². The average molecular weight is 445 g/mol. The summed E-state index contributed by atoms with van der Waals surface area (Å²) in [6, 6.07) is 0. The Hall–Kier alpha value is 0.826. The van der Waals surface area contributed by atoms with Crippen LogP contribution in [0.4, 0.5) is 0 Å². The van der Waals surface area contributed by atoms with Gasteiger partial charge in [0, 0.05) is 17.6 Å². The topological polar surface area (TPSA) is 77.4 Å². The Labute approximate surface area is 221 Å². The zero-order valence-corrected chi connectivity index (χ0v) is 22.3. The van der Waals surface area contributed by atoms with Crippen LogP contribution in [0, 0.1) is 28.6 Å². The van der Waals surface area contributed by atoms with E-state index in [0.29, 0.717) is 42.3 Å². The number of carbonyl (C=O) groups excluding carboxylic acids is 2. The average Bonchev–Trinajstić information content (AvgIpc) is 2.92. The molecule has 0 heterocycles. The van der Waals surface area contributed by atoms with E-state index in [4.69, 9.17) is 0 Å². The number of thioether (sulfide) groups is 1. The Morgan fingerprint density at radius 3 is 2.59 bits per heavy atom. The predicted molar refractivity (Wildman–Crippen MR) is 109 cm³/mol. The number of aliphatic hydroxyl groups is 1. The van der Waals surface area contributed by atoms with Crippen LogP contribution >= 0.6 is 11.8 Å². The molecular weight excluding hydrogens is 411 g/mol. The number of aliphatic carboxylic acids is 1. The molecule has 0 unspecified atom stereocenters. The smallest absolute Gasteiger partial charge is 0.550 e. The standard InChI is InChI=1S/C23H34O4S.K/c1-21-8-4-15(24)12-14(21)13-18(28-3)20-16(21)5-9-22(2)17(20)6-10-23(22,27)11-7-19(25)26;/h12,16-18,20,27H,4-11,13H2,1-3H3,(H,25,26);/q;+1/p-1/t16-,17-,18+,20+,21-,22-,23-;/m0./s1. The molecule has 0 saturated heterocycles. The van der Waals surface area contributed by atoms with E-state index >= 15 is 0 Å². The molecule has 0 aliphatic heterocycles. The maximum Gasteiger partial charge on any atom is 1.00 e. The van der Waals surface area contributed by atoms with Crippen molar-refractivity contribution in [1.82, 2.24) is 0 Å². The fourth-order valence-electron chi connectivity index (χ4n) is 7.57. The number of allylic oxidation sites excluding steroid dienone is 1. The Morgan fingerprint density at radius 1 is 1.24 bits per heavy atom. The summed E-state index contributed by atoms with van der Waals surface area (Å²) in [5.74, 6) is 0.721. The number of carboxylic acid groups (broad SMARTS) is 1. The van der Waals surface area contributed by atoms with Crippen LogP contribution in [-0.4, -0.2) is 34.0 Å². The van der Waals surface area contributed by atoms with Crippen molar-refractivity contribution in [2.75, 3.05) is 6.26 Å². The van der Waals surface area contributed by atoms with Crippen molar-refractivity contribution in [1.29, 1.82) is 0 Å². The minimum Gasteiger partial charge on any atom is -0.550 e. The van der Waals surface area contributed by atoms with Gasteiger partial charge in [0.15, 0.2) is 5.78 Å². The molecule has 4 nitrogen and oxygen atoms in total. The first-order valence-electron chi connectivity index (χ1n) is 10.8. The second-order valence-electron chi connectivity index (χ2n) is 10.2. The van der Waals surface area contributed by atoms with Gasteiger partial charge in [0.25, 0.3) is 0 Å². The molecule has 7 atom stereocenters. The van der Waals surface area contributed by atoms with E-state index < -0.39 is 11.6 Å². The number of ketones is 1. The molecular formula is C23H33KO4S. The quantitative estimate of drug-likeness (QED) is 0.624. The molecule has 3 saturated carbocycles. The summed E-state index contributed by atoms with van der Waals surface area (Å²) in [6.45, 7) is 4.59. The molecule has 4 rings (SSSR count). The summed E-state index contributed by atoms with van der Waals surface area (Å²) in [5.41, 5.74) is 0.348. The van der Waals surface area contributed by atoms with Crippen LogP contribution < -0.4 is 56.5 Å². The third-order valence-corrected chi connectivity index (χ3v) is 10.4. The van der Waals surface area contributed by atoms with Gasteiger partial charge in [-0.1, -0.05) is 19.4 Å². The monoisotopic (exact) mass is 444 g/mol. The van der Waals surface area contributed by atoms with Gasteiger partial charge < -0.3 is 15.0 Å². The molecule has 29 heavy (non-hydrogen) atoms. The van der Waals surface area contributed by atoms with E-state index in [-0.39, 0.29) is 74.4 Å². The summed E-state index contributed by atoms with van der Waals surface area (Å²) < 4.78 is 0. The molecule has 0 aromatic rings. The molecule has 156 valence electrons. The van der Waals surface area contributed by atoms with Gasteiger partial charge in [0.1, 0.15) is 0 Å². The third-order valence-electron chi connectivity index (χ3n) is 9.33. The molecule has 0 aromatic heterocycles. The van der Waals surface area contributed by atoms with Gasteiger partial charge in [-0.3, -0.25) is 4.79 Å². The normalized spacial score (nSPS) is 46.1. The van der Waals surface area contributed by atoms with Crippen molar-refractivity contribution < 1.29 is 71.2 Å². The molecule has 0 bridgehead atoms. The van der Waals surface area contributed by atoms with E-state index in [1.807, 2.05) is 17.8 Å². The fourth-order valence-corrected chi connectivity index (χ4v) is 8.61. The molecule has 0 spiro atoms. The minimum absolute atomic E-state index is 0. The van der Waals surface area contributed by atoms with Gasteiger partial charge in [-0.15, -0.1) is 0 Å². The molecule has 1 N–H and O–H groups in total. The molecule has 0 aromatic carbocycles. The maximum atomic E-state index is 12.1. The Bertz CT molecular complexity index is 724. The number of hydrogen-bond donors (Lipinski definition) is 1. The van der Waals surface area contributed by atoms with E-state index in [9.17, 15) is 19.8 Å². The van der Waals surface area contributed by atoms with Crippen LogP contribution in [-0.2, 0) is 9.59 Å². The fraction of sp³-hybridized carbons (Fsp3) is 0.826. The van der Waals surface area contributed by atoms with Crippen LogP contribution in [0.5, 0.6) is 0 Å². The zero-order chi connectivity index (χ0) is 20.3. The predicted octanol–water partition coefficient (Wildman–Crippen LogP) is 0.125. The first-order chi connectivity index (χ1) is 13.1. The van der Waals surface area contributed by atoms with Crippen molar-refractivity contribution >= 4 is 23.5 Å². The summed E-state index contributed by atoms with van der Waals surface area (Å²) >= 11 is 1.92. The van der Waals surface area contributed by atoms with Crippen molar-refractivity contribution in [2.45, 2.75) is 82.5 Å². The van der Waals surface area contributed by atoms with E-state index in [1.165, 1.54) is 5.57 Å². The molecule has 6 heteroatoms. The molecule has 4 aliphatic carbocycles. The second-order valence-corrected chi connectivity index (χ2v) is 11.3. The van der Waals surface area contributed by atoms with Gasteiger partial charge >= 0.3 is 51.4 Å². The Kier molecular flexibility index (Phi) is 7.29. The number of hydrogen-bond acceptors (Lipinski definition) is 5. The first kappa shape index (κ1) is 24.5. The van der Waals surface area contributed by atoms with Crippen LogP contribution in [0.1, 0.15) is 71.6 Å². The summed E-state index contributed by atoms with van der Waals surface area (Å²) in [5, 5.41) is 23.1. The number of carboxylic acids is 1. The van der Waals surface area contributed by atoms with Gasteiger partial charge in [-0.25, -0.2) is 0 Å². The first-order valence-corrected chi connectivity index (χ1v) is 12.1. The van der Waals surface area contributed by atoms with Crippen LogP contribution in [0.2, 0.25) is 0 Å². The maximum absolute atomic E-state index is 12.1. The summed E-state index contributed by atoms with van der Waals surface area (Å²) in [6.07, 6.45) is 10.6. The van der Waals surface area contributed by atoms with Crippen molar-refractivity contribution in [3.8, 4) is 0 Å². The van der Waals surface area contributed by atoms with Gasteiger partial charge in [0.2, 0.25) is 0 Å². The molecule has 4 aliphatic rings. The molecule has 0 amide bonds. The number of rotatable bonds is 4. The van der Waals surface area contributed by atoms with Crippen molar-refractivity contribution in [3.05, 3.63) is 11.6 Å². The van der Waals surface area contributed by atoms with Gasteiger partial charge in [0.05, 0.1) is 5.60 Å². The van der Waals surface area contributed by atoms with E-state index in [2.05, 4.69) is 20.1 Å². The van der Waals surface area contributed by atoms with E-state index in [0.717, 1.165) is 32.1 Å². The van der Waals surface area contributed by atoms with Crippen LogP contribution in [0.3, 0.4) is 0 Å². The Balaban J connectivity index is 0.00000240. The second kappa shape index (κ2) is 8.64. The zero-order valence-electron chi connectivity index (χ0n) is 18.3. The minimum atomic E-state index is -1.07. The SMILES string of the molecule is CS[C@@H]1CC2=CC(=O)CC[C@]2(C)[C@H]2CC[C@@]3(C)[C@@H](CC[C@]3(O)CCC(=O)[O-])[C@H]12.[K+]. The largest absolute Gasteiger partial charge is 1.00 e. The van der Waals surface area contributed by atoms with Gasteiger partial charge in [-0.2, -0.15) is 11.8 Å². The van der Waals surface area contributed by atoms with Crippen LogP contribution in [0.25, 0.3) is 0 Å². The number of fused-ring (bicyclic) bond motifs is 5. The summed E-state index contributed by atoms with van der Waals surface area (Å²) in [4.78, 5) is 23.1. The number of carbonyl (C=O) groups is 2. The molecule has 0 radical (unpaired) electrons. The third kappa shape index (κ3) is 3.81. The summed E-state index contributed by atoms with van der Waals surface area (Å²) in [7, 11) is 0. The van der Waals surface area contributed by atoms with E-state index in [1.54, 1.807) is 0 Å².